The maximum atomic E-state index is 11.1. The Hall–Kier alpha value is -1.71. The number of carbonyl (C=O) groups is 2. The van der Waals surface area contributed by atoms with E-state index >= 15 is 0 Å². The zero-order valence-corrected chi connectivity index (χ0v) is 8.11. The topological polar surface area (TPSA) is 56.3 Å². The number of nitrogens with zero attached hydrogens (tertiary/aromatic N) is 1. The molecule has 1 aromatic rings. The molecule has 74 valence electrons. The van der Waals surface area contributed by atoms with Gasteiger partial charge in [0.1, 0.15) is 12.2 Å². The van der Waals surface area contributed by atoms with Gasteiger partial charge in [-0.25, -0.2) is 4.98 Å². The number of aryl methyl sites for hydroxylation is 1. The largest absolute Gasteiger partial charge is 0.407 e. The maximum absolute atomic E-state index is 11.1. The number of esters is 1. The van der Waals surface area contributed by atoms with E-state index in [0.717, 1.165) is 5.56 Å². The molecule has 0 radical (unpaired) electrons. The Balaban J connectivity index is 2.65. The van der Waals surface area contributed by atoms with Crippen LogP contribution in [0.5, 0.6) is 5.88 Å². The average molecular weight is 193 g/mol. The van der Waals surface area contributed by atoms with Crippen molar-refractivity contribution in [1.82, 2.24) is 4.98 Å². The molecule has 1 aromatic heterocycles. The highest BCUT2D eigenvalue weighted by molar-refractivity contribution is 5.94. The maximum Gasteiger partial charge on any atom is 0.320 e. The van der Waals surface area contributed by atoms with Crippen molar-refractivity contribution in [2.75, 3.05) is 0 Å². The monoisotopic (exact) mass is 193 g/mol. The molecule has 1 heterocycles. The first kappa shape index (κ1) is 10.4. The van der Waals surface area contributed by atoms with Crippen molar-refractivity contribution < 1.29 is 14.3 Å². The molecule has 0 spiro atoms. The van der Waals surface area contributed by atoms with Gasteiger partial charge in [-0.3, -0.25) is 9.59 Å². The Morgan fingerprint density at radius 2 is 2.21 bits per heavy atom. The van der Waals surface area contributed by atoms with Crippen LogP contribution in [0.2, 0.25) is 0 Å². The quantitative estimate of drug-likeness (QED) is 0.536. The summed E-state index contributed by atoms with van der Waals surface area (Å²) in [6, 6.07) is 3.53. The lowest BCUT2D eigenvalue weighted by molar-refractivity contribution is -0.137. The smallest absolute Gasteiger partial charge is 0.320 e. The summed E-state index contributed by atoms with van der Waals surface area (Å²) in [7, 11) is 0. The zero-order valence-electron chi connectivity index (χ0n) is 8.11. The van der Waals surface area contributed by atoms with Gasteiger partial charge in [-0.05, 0) is 19.9 Å². The van der Waals surface area contributed by atoms with Crippen LogP contribution in [-0.4, -0.2) is 16.7 Å². The molecular weight excluding hydrogens is 182 g/mol. The highest BCUT2D eigenvalue weighted by Gasteiger charge is 2.09. The van der Waals surface area contributed by atoms with E-state index in [4.69, 9.17) is 4.74 Å². The molecule has 0 saturated heterocycles. The second-order valence-corrected chi connectivity index (χ2v) is 2.98. The molecular formula is C10H11NO3. The van der Waals surface area contributed by atoms with E-state index in [1.165, 1.54) is 13.1 Å². The predicted octanol–water partition coefficient (Wildman–Crippen LogP) is 1.27. The molecule has 0 bridgehead atoms. The molecule has 14 heavy (non-hydrogen) atoms. The van der Waals surface area contributed by atoms with Crippen molar-refractivity contribution in [2.24, 2.45) is 0 Å². The summed E-state index contributed by atoms with van der Waals surface area (Å²) in [6.45, 7) is 3.12. The van der Waals surface area contributed by atoms with Crippen molar-refractivity contribution in [2.45, 2.75) is 20.3 Å². The third kappa shape index (κ3) is 2.97. The third-order valence-electron chi connectivity index (χ3n) is 1.57. The minimum absolute atomic E-state index is 0.212. The fourth-order valence-corrected chi connectivity index (χ4v) is 0.925. The van der Waals surface area contributed by atoms with Gasteiger partial charge in [0.2, 0.25) is 5.88 Å². The summed E-state index contributed by atoms with van der Waals surface area (Å²) in [5.74, 6) is -0.526. The number of rotatable bonds is 3. The molecule has 0 saturated carbocycles. The second-order valence-electron chi connectivity index (χ2n) is 2.98. The summed E-state index contributed by atoms with van der Waals surface area (Å²) >= 11 is 0. The Morgan fingerprint density at radius 1 is 1.50 bits per heavy atom. The molecule has 1 rings (SSSR count). The summed E-state index contributed by atoms with van der Waals surface area (Å²) < 4.78 is 4.89. The number of aromatic nitrogens is 1. The van der Waals surface area contributed by atoms with Gasteiger partial charge in [0.25, 0.3) is 0 Å². The van der Waals surface area contributed by atoms with E-state index in [1.54, 1.807) is 19.1 Å². The summed E-state index contributed by atoms with van der Waals surface area (Å²) in [5.41, 5.74) is 0.768. The lowest BCUT2D eigenvalue weighted by Crippen LogP contribution is -2.13. The van der Waals surface area contributed by atoms with Crippen LogP contribution >= 0.6 is 0 Å². The van der Waals surface area contributed by atoms with Gasteiger partial charge in [-0.2, -0.15) is 0 Å². The first-order chi connectivity index (χ1) is 6.59. The van der Waals surface area contributed by atoms with Crippen LogP contribution in [0.4, 0.5) is 0 Å². The van der Waals surface area contributed by atoms with Crippen LogP contribution in [-0.2, 0) is 9.59 Å². The molecule has 0 unspecified atom stereocenters. The van der Waals surface area contributed by atoms with Gasteiger partial charge in [0.15, 0.2) is 0 Å². The molecule has 0 N–H and O–H groups in total. The molecule has 0 aliphatic rings. The van der Waals surface area contributed by atoms with E-state index in [-0.39, 0.29) is 18.1 Å². The predicted molar refractivity (Wildman–Crippen MR) is 49.9 cm³/mol. The average Bonchev–Trinajstić information content (AvgIpc) is 2.07. The van der Waals surface area contributed by atoms with Crippen molar-refractivity contribution in [3.8, 4) is 5.88 Å². The van der Waals surface area contributed by atoms with Gasteiger partial charge in [0.05, 0.1) is 0 Å². The number of carbonyl (C=O) groups excluding carboxylic acids is 2. The van der Waals surface area contributed by atoms with E-state index in [0.29, 0.717) is 0 Å². The Labute approximate surface area is 81.9 Å². The van der Waals surface area contributed by atoms with Gasteiger partial charge >= 0.3 is 5.97 Å². The van der Waals surface area contributed by atoms with E-state index in [1.807, 2.05) is 0 Å². The fraction of sp³-hybridized carbons (Fsp3) is 0.300. The number of Topliss-reactive ketones (excluding diaryl/α,β-unsaturated/α-hetero) is 1. The molecule has 0 amide bonds. The number of pyridine rings is 1. The zero-order chi connectivity index (χ0) is 10.6. The molecule has 4 nitrogen and oxygen atoms in total. The summed E-state index contributed by atoms with van der Waals surface area (Å²) in [5, 5.41) is 0. The van der Waals surface area contributed by atoms with Crippen LogP contribution < -0.4 is 4.74 Å². The molecule has 0 aliphatic carbocycles. The Kier molecular flexibility index (Phi) is 3.34. The van der Waals surface area contributed by atoms with Crippen molar-refractivity contribution in [3.63, 3.8) is 0 Å². The summed E-state index contributed by atoms with van der Waals surface area (Å²) in [6.07, 6.45) is 1.32. The Bertz CT molecular complexity index is 360. The number of hydrogen-bond donors (Lipinski definition) is 0. The van der Waals surface area contributed by atoms with E-state index in [2.05, 4.69) is 4.98 Å². The molecule has 0 atom stereocenters. The summed E-state index contributed by atoms with van der Waals surface area (Å²) in [4.78, 5) is 25.6. The lowest BCUT2D eigenvalue weighted by atomic mass is 10.3. The number of ether oxygens (including phenoxy) is 1. The van der Waals surface area contributed by atoms with Gasteiger partial charge in [-0.1, -0.05) is 6.07 Å². The van der Waals surface area contributed by atoms with Crippen molar-refractivity contribution >= 4 is 11.8 Å². The van der Waals surface area contributed by atoms with E-state index in [9.17, 15) is 9.59 Å². The molecule has 4 heteroatoms. The minimum atomic E-state index is -0.570. The van der Waals surface area contributed by atoms with Crippen molar-refractivity contribution in [1.29, 1.82) is 0 Å². The van der Waals surface area contributed by atoms with Crippen LogP contribution in [0, 0.1) is 6.92 Å². The van der Waals surface area contributed by atoms with Gasteiger partial charge < -0.3 is 4.74 Å². The minimum Gasteiger partial charge on any atom is -0.407 e. The first-order valence-electron chi connectivity index (χ1n) is 4.21. The van der Waals surface area contributed by atoms with Gasteiger partial charge in [-0.15, -0.1) is 0 Å². The number of hydrogen-bond acceptors (Lipinski definition) is 4. The molecule has 0 aliphatic heterocycles. The first-order valence-corrected chi connectivity index (χ1v) is 4.21. The van der Waals surface area contributed by atoms with E-state index < -0.39 is 5.97 Å². The number of ketones is 1. The fourth-order valence-electron chi connectivity index (χ4n) is 0.925. The van der Waals surface area contributed by atoms with Crippen LogP contribution in [0.3, 0.4) is 0 Å². The molecule has 0 fully saturated rings. The normalized spacial score (nSPS) is 9.57. The van der Waals surface area contributed by atoms with Crippen LogP contribution in [0.15, 0.2) is 18.3 Å². The van der Waals surface area contributed by atoms with Crippen LogP contribution in [0.25, 0.3) is 0 Å². The standard InChI is InChI=1S/C10H11NO3/c1-7-4-3-5-11-10(7)14-9(13)6-8(2)12/h3-5H,6H2,1-2H3. The highest BCUT2D eigenvalue weighted by Crippen LogP contribution is 2.12. The van der Waals surface area contributed by atoms with Crippen molar-refractivity contribution in [3.05, 3.63) is 23.9 Å². The highest BCUT2D eigenvalue weighted by atomic mass is 16.5. The molecule has 0 aromatic carbocycles. The lowest BCUT2D eigenvalue weighted by Gasteiger charge is -2.03. The SMILES string of the molecule is CC(=O)CC(=O)Oc1ncccc1C. The van der Waals surface area contributed by atoms with Crippen LogP contribution in [0.1, 0.15) is 18.9 Å². The van der Waals surface area contributed by atoms with Gasteiger partial charge in [0, 0.05) is 11.8 Å². The third-order valence-corrected chi connectivity index (χ3v) is 1.57. The Morgan fingerprint density at radius 3 is 2.79 bits per heavy atom. The second kappa shape index (κ2) is 4.50.